The second-order valence-electron chi connectivity index (χ2n) is 16.9. The van der Waals surface area contributed by atoms with Crippen molar-refractivity contribution in [3.8, 4) is 0 Å². The van der Waals surface area contributed by atoms with Crippen LogP contribution in [0.5, 0.6) is 0 Å². The third kappa shape index (κ3) is 20.0. The number of benzene rings is 3. The van der Waals surface area contributed by atoms with Gasteiger partial charge >= 0.3 is 0 Å². The van der Waals surface area contributed by atoms with Gasteiger partial charge in [0.25, 0.3) is 0 Å². The molecule has 0 aliphatic carbocycles. The maximum Gasteiger partial charge on any atom is 0.220 e. The van der Waals surface area contributed by atoms with Gasteiger partial charge in [-0.15, -0.1) is 0 Å². The van der Waals surface area contributed by atoms with Crippen molar-refractivity contribution in [3.63, 3.8) is 0 Å². The zero-order valence-corrected chi connectivity index (χ0v) is 36.6. The summed E-state index contributed by atoms with van der Waals surface area (Å²) in [4.78, 5) is 13.5. The van der Waals surface area contributed by atoms with Crippen LogP contribution in [0.3, 0.4) is 0 Å². The molecule has 2 atom stereocenters. The Bertz CT molecular complexity index is 1250. The standard InChI is InChI=1S/C53H83NO3/c1-3-5-7-9-11-13-15-17-19-21-23-25-36-44-51(55)50(54-52(56)45-37-26-24-22-20-18-16-14-12-10-8-6-4-2)46-57-53(47-38-30-27-31-39-47,48-40-32-28-33-41-48)49-42-34-29-35-43-49/h27-35,38-43,50-51,55H,3-26,36-37,44-46H2,1-2H3,(H,54,56)/t50-,51+/m0/s1. The van der Waals surface area contributed by atoms with Crippen molar-refractivity contribution in [2.45, 2.75) is 211 Å². The first kappa shape index (κ1) is 48.4. The number of hydrogen-bond donors (Lipinski definition) is 2. The van der Waals surface area contributed by atoms with E-state index >= 15 is 0 Å². The Labute approximate surface area is 350 Å². The zero-order valence-electron chi connectivity index (χ0n) is 36.6. The molecule has 0 heterocycles. The van der Waals surface area contributed by atoms with Crippen LogP contribution < -0.4 is 5.32 Å². The van der Waals surface area contributed by atoms with Crippen LogP contribution in [0.1, 0.15) is 210 Å². The lowest BCUT2D eigenvalue weighted by atomic mass is 9.80. The van der Waals surface area contributed by atoms with Gasteiger partial charge in [0.2, 0.25) is 5.91 Å². The van der Waals surface area contributed by atoms with Gasteiger partial charge in [-0.25, -0.2) is 0 Å². The summed E-state index contributed by atoms with van der Waals surface area (Å²) >= 11 is 0. The lowest BCUT2D eigenvalue weighted by Crippen LogP contribution is -2.48. The molecule has 318 valence electrons. The number of nitrogens with one attached hydrogen (secondary N) is 1. The van der Waals surface area contributed by atoms with Crippen LogP contribution >= 0.6 is 0 Å². The molecular formula is C53H83NO3. The van der Waals surface area contributed by atoms with Crippen molar-refractivity contribution in [1.29, 1.82) is 0 Å². The van der Waals surface area contributed by atoms with Gasteiger partial charge in [0.1, 0.15) is 5.60 Å². The number of aliphatic hydroxyl groups is 1. The highest BCUT2D eigenvalue weighted by molar-refractivity contribution is 5.76. The third-order valence-corrected chi connectivity index (χ3v) is 11.9. The molecule has 4 nitrogen and oxygen atoms in total. The Kier molecular flexibility index (Phi) is 27.2. The number of aliphatic hydroxyl groups excluding tert-OH is 1. The van der Waals surface area contributed by atoms with Crippen LogP contribution in [-0.2, 0) is 15.1 Å². The first-order valence-electron chi connectivity index (χ1n) is 23.9. The van der Waals surface area contributed by atoms with E-state index in [4.69, 9.17) is 4.74 Å². The zero-order chi connectivity index (χ0) is 40.5. The molecule has 1 amide bonds. The van der Waals surface area contributed by atoms with Gasteiger partial charge in [-0.1, -0.05) is 265 Å². The molecule has 0 aliphatic rings. The molecule has 0 bridgehead atoms. The van der Waals surface area contributed by atoms with Crippen molar-refractivity contribution in [3.05, 3.63) is 108 Å². The van der Waals surface area contributed by atoms with E-state index in [-0.39, 0.29) is 12.5 Å². The summed E-state index contributed by atoms with van der Waals surface area (Å²) in [6.07, 6.45) is 33.9. The highest BCUT2D eigenvalue weighted by Gasteiger charge is 2.39. The predicted octanol–water partition coefficient (Wildman–Crippen LogP) is 14.8. The Morgan fingerprint density at radius 2 is 0.807 bits per heavy atom. The van der Waals surface area contributed by atoms with Gasteiger partial charge in [-0.3, -0.25) is 4.79 Å². The van der Waals surface area contributed by atoms with Crippen molar-refractivity contribution < 1.29 is 14.6 Å². The summed E-state index contributed by atoms with van der Waals surface area (Å²) in [5, 5.41) is 15.0. The van der Waals surface area contributed by atoms with Crippen LogP contribution in [-0.4, -0.2) is 29.8 Å². The molecule has 0 saturated heterocycles. The van der Waals surface area contributed by atoms with Gasteiger partial charge in [-0.2, -0.15) is 0 Å². The minimum Gasteiger partial charge on any atom is -0.391 e. The average molecular weight is 782 g/mol. The molecule has 0 spiro atoms. The molecule has 0 unspecified atom stereocenters. The topological polar surface area (TPSA) is 58.6 Å². The van der Waals surface area contributed by atoms with Crippen molar-refractivity contribution in [2.75, 3.05) is 6.61 Å². The lowest BCUT2D eigenvalue weighted by Gasteiger charge is -2.38. The number of unbranched alkanes of at least 4 members (excludes halogenated alkanes) is 24. The fraction of sp³-hybridized carbons (Fsp3) is 0.642. The van der Waals surface area contributed by atoms with Crippen LogP contribution in [0.15, 0.2) is 91.0 Å². The fourth-order valence-electron chi connectivity index (χ4n) is 8.39. The van der Waals surface area contributed by atoms with E-state index in [1.165, 1.54) is 141 Å². The van der Waals surface area contributed by atoms with Crippen molar-refractivity contribution in [1.82, 2.24) is 5.32 Å². The molecule has 3 aromatic carbocycles. The summed E-state index contributed by atoms with van der Waals surface area (Å²) in [6, 6.07) is 30.6. The Morgan fingerprint density at radius 1 is 0.491 bits per heavy atom. The maximum absolute atomic E-state index is 13.5. The summed E-state index contributed by atoms with van der Waals surface area (Å²) in [7, 11) is 0. The second-order valence-corrected chi connectivity index (χ2v) is 16.9. The molecule has 4 heteroatoms. The third-order valence-electron chi connectivity index (χ3n) is 11.9. The maximum atomic E-state index is 13.5. The van der Waals surface area contributed by atoms with Gasteiger partial charge in [0.05, 0.1) is 18.8 Å². The number of amides is 1. The highest BCUT2D eigenvalue weighted by Crippen LogP contribution is 2.40. The fourth-order valence-corrected chi connectivity index (χ4v) is 8.39. The van der Waals surface area contributed by atoms with Crippen LogP contribution in [0.4, 0.5) is 0 Å². The molecule has 57 heavy (non-hydrogen) atoms. The highest BCUT2D eigenvalue weighted by atomic mass is 16.5. The normalized spacial score (nSPS) is 12.8. The minimum absolute atomic E-state index is 0.0146. The van der Waals surface area contributed by atoms with Crippen molar-refractivity contribution >= 4 is 5.91 Å². The summed E-state index contributed by atoms with van der Waals surface area (Å²) in [6.45, 7) is 4.76. The molecule has 0 aliphatic heterocycles. The summed E-state index contributed by atoms with van der Waals surface area (Å²) in [5.41, 5.74) is 2.15. The van der Waals surface area contributed by atoms with E-state index in [2.05, 4.69) is 92.0 Å². The Hall–Kier alpha value is -2.95. The van der Waals surface area contributed by atoms with E-state index in [0.29, 0.717) is 12.8 Å². The first-order chi connectivity index (χ1) is 28.1. The SMILES string of the molecule is CCCCCCCCCCCCCCCC(=O)N[C@@H](COC(c1ccccc1)(c1ccccc1)c1ccccc1)[C@H](O)CCCCCCCCCCCCCCC. The van der Waals surface area contributed by atoms with E-state index in [1.54, 1.807) is 0 Å². The molecule has 0 fully saturated rings. The second kappa shape index (κ2) is 32.0. The Balaban J connectivity index is 1.56. The Morgan fingerprint density at radius 3 is 1.16 bits per heavy atom. The smallest absolute Gasteiger partial charge is 0.220 e. The van der Waals surface area contributed by atoms with E-state index < -0.39 is 17.7 Å². The molecular weight excluding hydrogens is 699 g/mol. The number of carbonyl (C=O) groups is 1. The quantitative estimate of drug-likeness (QED) is 0.0456. The van der Waals surface area contributed by atoms with E-state index in [0.717, 1.165) is 42.4 Å². The minimum atomic E-state index is -0.906. The molecule has 0 radical (unpaired) electrons. The molecule has 3 rings (SSSR count). The summed E-state index contributed by atoms with van der Waals surface area (Å²) in [5.74, 6) is 0.0146. The number of hydrogen-bond acceptors (Lipinski definition) is 3. The summed E-state index contributed by atoms with van der Waals surface area (Å²) < 4.78 is 7.14. The molecule has 0 saturated carbocycles. The predicted molar refractivity (Wildman–Crippen MR) is 244 cm³/mol. The van der Waals surface area contributed by atoms with Crippen LogP contribution in [0.25, 0.3) is 0 Å². The number of rotatable bonds is 36. The lowest BCUT2D eigenvalue weighted by molar-refractivity contribution is -0.124. The monoisotopic (exact) mass is 782 g/mol. The van der Waals surface area contributed by atoms with Gasteiger partial charge in [-0.05, 0) is 29.5 Å². The number of ether oxygens (including phenoxy) is 1. The van der Waals surface area contributed by atoms with Gasteiger partial charge < -0.3 is 15.2 Å². The van der Waals surface area contributed by atoms with Crippen LogP contribution in [0.2, 0.25) is 0 Å². The van der Waals surface area contributed by atoms with E-state index in [1.807, 2.05) is 18.2 Å². The van der Waals surface area contributed by atoms with E-state index in [9.17, 15) is 9.90 Å². The largest absolute Gasteiger partial charge is 0.391 e. The molecule has 2 N–H and O–H groups in total. The average Bonchev–Trinajstić information content (AvgIpc) is 3.25. The van der Waals surface area contributed by atoms with Crippen molar-refractivity contribution in [2.24, 2.45) is 0 Å². The number of carbonyl (C=O) groups excluding carboxylic acids is 1. The van der Waals surface area contributed by atoms with Gasteiger partial charge in [0.15, 0.2) is 0 Å². The molecule has 0 aromatic heterocycles. The first-order valence-corrected chi connectivity index (χ1v) is 23.9. The van der Waals surface area contributed by atoms with Gasteiger partial charge in [0, 0.05) is 6.42 Å². The molecule has 3 aromatic rings. The van der Waals surface area contributed by atoms with Crippen LogP contribution in [0, 0.1) is 0 Å².